The summed E-state index contributed by atoms with van der Waals surface area (Å²) in [5.41, 5.74) is 3.69. The fourth-order valence-corrected chi connectivity index (χ4v) is 3.62. The maximum Gasteiger partial charge on any atom is 0.276 e. The Hall–Kier alpha value is -2.63. The molecule has 1 N–H and O–H groups in total. The van der Waals surface area contributed by atoms with Crippen LogP contribution in [0, 0.1) is 6.92 Å². The standard InChI is InChI=1S/C19H22N4O2/c1-3-15-17(20-11-25-15)19(24)23-9-5-7-13(10-23)18-21-14-8-4-6-12(2)16(14)22-18/h4,6,8,11,13H,3,5,7,9-10H2,1-2H3,(H,21,22)/t13-/m0/s1. The molecule has 0 spiro atoms. The number of fused-ring (bicyclic) bond motifs is 1. The number of aromatic amines is 1. The van der Waals surface area contributed by atoms with Crippen molar-refractivity contribution in [3.63, 3.8) is 0 Å². The predicted octanol–water partition coefficient (Wildman–Crippen LogP) is 3.44. The molecule has 1 aromatic carbocycles. The average molecular weight is 338 g/mol. The summed E-state index contributed by atoms with van der Waals surface area (Å²) >= 11 is 0. The first-order chi connectivity index (χ1) is 12.2. The van der Waals surface area contributed by atoms with Gasteiger partial charge < -0.3 is 14.3 Å². The van der Waals surface area contributed by atoms with Crippen molar-refractivity contribution in [1.29, 1.82) is 0 Å². The number of piperidine rings is 1. The molecule has 1 aliphatic heterocycles. The van der Waals surface area contributed by atoms with E-state index in [1.165, 1.54) is 12.0 Å². The molecule has 3 heterocycles. The number of aryl methyl sites for hydroxylation is 2. The highest BCUT2D eigenvalue weighted by molar-refractivity contribution is 5.93. The number of hydrogen-bond acceptors (Lipinski definition) is 4. The number of nitrogens with one attached hydrogen (secondary N) is 1. The van der Waals surface area contributed by atoms with Crippen LogP contribution in [0.25, 0.3) is 11.0 Å². The highest BCUT2D eigenvalue weighted by atomic mass is 16.3. The number of para-hydroxylation sites is 1. The minimum absolute atomic E-state index is 0.0393. The summed E-state index contributed by atoms with van der Waals surface area (Å²) in [6.45, 7) is 5.45. The molecule has 0 aliphatic carbocycles. The van der Waals surface area contributed by atoms with Crippen LogP contribution in [-0.2, 0) is 6.42 Å². The van der Waals surface area contributed by atoms with E-state index in [-0.39, 0.29) is 11.8 Å². The van der Waals surface area contributed by atoms with E-state index in [1.54, 1.807) is 0 Å². The van der Waals surface area contributed by atoms with E-state index in [9.17, 15) is 4.79 Å². The van der Waals surface area contributed by atoms with E-state index < -0.39 is 0 Å². The second kappa shape index (κ2) is 6.35. The van der Waals surface area contributed by atoms with Crippen molar-refractivity contribution >= 4 is 16.9 Å². The van der Waals surface area contributed by atoms with Crippen molar-refractivity contribution in [2.75, 3.05) is 13.1 Å². The molecule has 1 saturated heterocycles. The van der Waals surface area contributed by atoms with Crippen LogP contribution in [0.2, 0.25) is 0 Å². The number of carbonyl (C=O) groups excluding carboxylic acids is 1. The lowest BCUT2D eigenvalue weighted by atomic mass is 9.97. The van der Waals surface area contributed by atoms with Crippen molar-refractivity contribution in [2.24, 2.45) is 0 Å². The van der Waals surface area contributed by atoms with E-state index in [1.807, 2.05) is 24.0 Å². The van der Waals surface area contributed by atoms with Crippen LogP contribution in [0.1, 0.15) is 53.3 Å². The van der Waals surface area contributed by atoms with Gasteiger partial charge in [-0.2, -0.15) is 0 Å². The fraction of sp³-hybridized carbons (Fsp3) is 0.421. The number of nitrogens with zero attached hydrogens (tertiary/aromatic N) is 3. The van der Waals surface area contributed by atoms with Gasteiger partial charge in [0.15, 0.2) is 12.1 Å². The summed E-state index contributed by atoms with van der Waals surface area (Å²) in [7, 11) is 0. The molecule has 1 atom stereocenters. The molecule has 0 unspecified atom stereocenters. The molecular weight excluding hydrogens is 316 g/mol. The molecule has 3 aromatic rings. The molecular formula is C19H22N4O2. The molecule has 4 rings (SSSR count). The van der Waals surface area contributed by atoms with Gasteiger partial charge in [0, 0.05) is 25.4 Å². The number of rotatable bonds is 3. The third kappa shape index (κ3) is 2.81. The Morgan fingerprint density at radius 1 is 1.44 bits per heavy atom. The number of benzene rings is 1. The van der Waals surface area contributed by atoms with Gasteiger partial charge in [-0.05, 0) is 31.4 Å². The molecule has 1 aliphatic rings. The molecule has 25 heavy (non-hydrogen) atoms. The topological polar surface area (TPSA) is 75.0 Å². The minimum Gasteiger partial charge on any atom is -0.448 e. The van der Waals surface area contributed by atoms with Crippen LogP contribution in [0.5, 0.6) is 0 Å². The van der Waals surface area contributed by atoms with Crippen molar-refractivity contribution in [3.8, 4) is 0 Å². The third-order valence-corrected chi connectivity index (χ3v) is 4.99. The Kier molecular flexibility index (Phi) is 4.03. The zero-order valence-corrected chi connectivity index (χ0v) is 14.6. The summed E-state index contributed by atoms with van der Waals surface area (Å²) in [5.74, 6) is 1.81. The van der Waals surface area contributed by atoms with Crippen LogP contribution in [0.4, 0.5) is 0 Å². The maximum atomic E-state index is 12.8. The van der Waals surface area contributed by atoms with Gasteiger partial charge in [0.1, 0.15) is 11.6 Å². The van der Waals surface area contributed by atoms with E-state index in [0.717, 1.165) is 36.2 Å². The zero-order chi connectivity index (χ0) is 17.4. The molecule has 1 fully saturated rings. The van der Waals surface area contributed by atoms with Crippen LogP contribution >= 0.6 is 0 Å². The SMILES string of the molecule is CCc1ocnc1C(=O)N1CCC[C@H](c2nc3c(C)cccc3[nH]2)C1. The highest BCUT2D eigenvalue weighted by Gasteiger charge is 2.29. The lowest BCUT2D eigenvalue weighted by Crippen LogP contribution is -2.39. The maximum absolute atomic E-state index is 12.8. The highest BCUT2D eigenvalue weighted by Crippen LogP contribution is 2.28. The van der Waals surface area contributed by atoms with Gasteiger partial charge in [-0.1, -0.05) is 19.1 Å². The Morgan fingerprint density at radius 2 is 2.32 bits per heavy atom. The second-order valence-electron chi connectivity index (χ2n) is 6.66. The quantitative estimate of drug-likeness (QED) is 0.794. The van der Waals surface area contributed by atoms with Gasteiger partial charge in [0.25, 0.3) is 5.91 Å². The number of hydrogen-bond donors (Lipinski definition) is 1. The van der Waals surface area contributed by atoms with Crippen molar-refractivity contribution in [2.45, 2.75) is 39.0 Å². The van der Waals surface area contributed by atoms with Crippen molar-refractivity contribution in [3.05, 3.63) is 47.4 Å². The predicted molar refractivity (Wildman–Crippen MR) is 94.6 cm³/mol. The van der Waals surface area contributed by atoms with Gasteiger partial charge in [0.2, 0.25) is 0 Å². The number of carbonyl (C=O) groups is 1. The normalized spacial score (nSPS) is 18.0. The number of H-pyrrole nitrogens is 1. The largest absolute Gasteiger partial charge is 0.448 e. The number of amides is 1. The molecule has 0 radical (unpaired) electrons. The lowest BCUT2D eigenvalue weighted by molar-refractivity contribution is 0.0697. The Morgan fingerprint density at radius 3 is 3.12 bits per heavy atom. The molecule has 1 amide bonds. The van der Waals surface area contributed by atoms with Crippen LogP contribution in [-0.4, -0.2) is 38.8 Å². The minimum atomic E-state index is -0.0393. The summed E-state index contributed by atoms with van der Waals surface area (Å²) in [4.78, 5) is 27.1. The second-order valence-corrected chi connectivity index (χ2v) is 6.66. The van der Waals surface area contributed by atoms with Crippen molar-refractivity contribution < 1.29 is 9.21 Å². The first kappa shape index (κ1) is 15.9. The lowest BCUT2D eigenvalue weighted by Gasteiger charge is -2.31. The van der Waals surface area contributed by atoms with Gasteiger partial charge in [-0.3, -0.25) is 4.79 Å². The van der Waals surface area contributed by atoms with E-state index in [4.69, 9.17) is 9.40 Å². The smallest absolute Gasteiger partial charge is 0.276 e. The summed E-state index contributed by atoms with van der Waals surface area (Å²) in [6, 6.07) is 6.15. The Bertz CT molecular complexity index is 911. The molecule has 130 valence electrons. The number of imidazole rings is 1. The molecule has 0 saturated carbocycles. The monoisotopic (exact) mass is 338 g/mol. The first-order valence-electron chi connectivity index (χ1n) is 8.84. The van der Waals surface area contributed by atoms with Crippen LogP contribution in [0.3, 0.4) is 0 Å². The summed E-state index contributed by atoms with van der Waals surface area (Å²) in [5, 5.41) is 0. The van der Waals surface area contributed by atoms with Crippen LogP contribution < -0.4 is 0 Å². The average Bonchev–Trinajstić information content (AvgIpc) is 3.28. The third-order valence-electron chi connectivity index (χ3n) is 4.99. The fourth-order valence-electron chi connectivity index (χ4n) is 3.62. The Labute approximate surface area is 146 Å². The Balaban J connectivity index is 1.58. The van der Waals surface area contributed by atoms with Gasteiger partial charge in [-0.15, -0.1) is 0 Å². The van der Waals surface area contributed by atoms with Crippen molar-refractivity contribution in [1.82, 2.24) is 19.9 Å². The van der Waals surface area contributed by atoms with Gasteiger partial charge in [-0.25, -0.2) is 9.97 Å². The van der Waals surface area contributed by atoms with Gasteiger partial charge >= 0.3 is 0 Å². The molecule has 2 aromatic heterocycles. The van der Waals surface area contributed by atoms with Crippen LogP contribution in [0.15, 0.2) is 29.0 Å². The summed E-state index contributed by atoms with van der Waals surface area (Å²) < 4.78 is 5.31. The molecule has 6 heteroatoms. The zero-order valence-electron chi connectivity index (χ0n) is 14.6. The number of aromatic nitrogens is 3. The van der Waals surface area contributed by atoms with Gasteiger partial charge in [0.05, 0.1) is 11.0 Å². The first-order valence-corrected chi connectivity index (χ1v) is 8.84. The number of likely N-dealkylation sites (tertiary alicyclic amines) is 1. The molecule has 0 bridgehead atoms. The van der Waals surface area contributed by atoms with E-state index in [0.29, 0.717) is 24.4 Å². The van der Waals surface area contributed by atoms with E-state index in [2.05, 4.69) is 23.0 Å². The van der Waals surface area contributed by atoms with E-state index >= 15 is 0 Å². The molecule has 6 nitrogen and oxygen atoms in total. The number of oxazole rings is 1. The summed E-state index contributed by atoms with van der Waals surface area (Å²) in [6.07, 6.45) is 4.02.